The maximum absolute atomic E-state index is 13.0. The van der Waals surface area contributed by atoms with E-state index in [-0.39, 0.29) is 5.82 Å². The molecule has 0 aliphatic heterocycles. The van der Waals surface area contributed by atoms with Crippen LogP contribution in [0.3, 0.4) is 0 Å². The second-order valence-corrected chi connectivity index (χ2v) is 6.01. The molecule has 0 radical (unpaired) electrons. The molecule has 0 fully saturated rings. The maximum Gasteiger partial charge on any atom is 0.144 e. The molecule has 1 N–H and O–H groups in total. The van der Waals surface area contributed by atoms with Crippen LogP contribution in [0.15, 0.2) is 28.7 Å². The Labute approximate surface area is 118 Å². The van der Waals surface area contributed by atoms with Crippen molar-refractivity contribution in [3.8, 4) is 5.75 Å². The van der Waals surface area contributed by atoms with E-state index >= 15 is 0 Å². The normalized spacial score (nSPS) is 10.4. The summed E-state index contributed by atoms with van der Waals surface area (Å²) in [5, 5.41) is 3.25. The van der Waals surface area contributed by atoms with Crippen LogP contribution in [0, 0.1) is 12.7 Å². The van der Waals surface area contributed by atoms with Crippen molar-refractivity contribution in [3.05, 3.63) is 44.3 Å². The Hall–Kier alpha value is -1.07. The zero-order valence-corrected chi connectivity index (χ0v) is 12.5. The van der Waals surface area contributed by atoms with Crippen LogP contribution in [0.1, 0.15) is 9.75 Å². The highest BCUT2D eigenvalue weighted by atomic mass is 79.9. The third-order valence-electron chi connectivity index (χ3n) is 2.52. The van der Waals surface area contributed by atoms with Gasteiger partial charge >= 0.3 is 0 Å². The second-order valence-electron chi connectivity index (χ2n) is 3.81. The van der Waals surface area contributed by atoms with Crippen LogP contribution < -0.4 is 10.1 Å². The first-order valence-electron chi connectivity index (χ1n) is 5.42. The molecule has 1 heterocycles. The number of hydrogen-bond donors (Lipinski definition) is 1. The molecule has 0 saturated heterocycles. The fraction of sp³-hybridized carbons (Fsp3) is 0.231. The topological polar surface area (TPSA) is 21.3 Å². The van der Waals surface area contributed by atoms with E-state index in [1.54, 1.807) is 17.4 Å². The molecule has 0 atom stereocenters. The van der Waals surface area contributed by atoms with Crippen LogP contribution >= 0.6 is 27.3 Å². The molecule has 18 heavy (non-hydrogen) atoms. The minimum absolute atomic E-state index is 0.299. The summed E-state index contributed by atoms with van der Waals surface area (Å²) in [5.74, 6) is 0.217. The molecule has 0 spiro atoms. The Kier molecular flexibility index (Phi) is 4.24. The van der Waals surface area contributed by atoms with Crippen LogP contribution in [0.5, 0.6) is 5.75 Å². The molecule has 0 aliphatic carbocycles. The third kappa shape index (κ3) is 3.03. The summed E-state index contributed by atoms with van der Waals surface area (Å²) < 4.78 is 19.3. The molecule has 5 heteroatoms. The van der Waals surface area contributed by atoms with E-state index in [0.29, 0.717) is 12.3 Å². The monoisotopic (exact) mass is 329 g/mol. The average molecular weight is 330 g/mol. The molecule has 0 amide bonds. The first-order valence-corrected chi connectivity index (χ1v) is 7.03. The maximum atomic E-state index is 13.0. The second kappa shape index (κ2) is 5.71. The third-order valence-corrected chi connectivity index (χ3v) is 4.66. The lowest BCUT2D eigenvalue weighted by Gasteiger charge is -2.10. The zero-order valence-electron chi connectivity index (χ0n) is 10.1. The van der Waals surface area contributed by atoms with E-state index in [0.717, 1.165) is 10.2 Å². The van der Waals surface area contributed by atoms with Crippen LogP contribution in [0.4, 0.5) is 10.1 Å². The van der Waals surface area contributed by atoms with Crippen LogP contribution in [0.2, 0.25) is 0 Å². The summed E-state index contributed by atoms with van der Waals surface area (Å²) >= 11 is 5.21. The molecular formula is C13H13BrFNOS. The van der Waals surface area contributed by atoms with Gasteiger partial charge in [0.15, 0.2) is 0 Å². The molecule has 0 bridgehead atoms. The number of methoxy groups -OCH3 is 1. The molecular weight excluding hydrogens is 317 g/mol. The molecule has 0 unspecified atom stereocenters. The first kappa shape index (κ1) is 13.4. The highest BCUT2D eigenvalue weighted by Crippen LogP contribution is 2.29. The zero-order chi connectivity index (χ0) is 13.1. The number of hydrogen-bond acceptors (Lipinski definition) is 3. The van der Waals surface area contributed by atoms with E-state index in [2.05, 4.69) is 34.2 Å². The van der Waals surface area contributed by atoms with Gasteiger partial charge in [-0.15, -0.1) is 11.3 Å². The summed E-state index contributed by atoms with van der Waals surface area (Å²) in [7, 11) is 1.53. The summed E-state index contributed by atoms with van der Waals surface area (Å²) in [6.45, 7) is 2.76. The number of thiophene rings is 1. The number of benzene rings is 1. The van der Waals surface area contributed by atoms with Gasteiger partial charge < -0.3 is 10.1 Å². The summed E-state index contributed by atoms with van der Waals surface area (Å²) in [6, 6.07) is 6.56. The van der Waals surface area contributed by atoms with Gasteiger partial charge in [-0.1, -0.05) is 0 Å². The highest BCUT2D eigenvalue weighted by molar-refractivity contribution is 9.10. The van der Waals surface area contributed by atoms with E-state index < -0.39 is 0 Å². The smallest absolute Gasteiger partial charge is 0.144 e. The Morgan fingerprint density at radius 3 is 2.78 bits per heavy atom. The standard InChI is InChI=1S/C13H13BrFNOS/c1-8-11(14)6-10(18-8)7-16-12-4-3-9(15)5-13(12)17-2/h3-6,16H,7H2,1-2H3. The van der Waals surface area contributed by atoms with E-state index in [1.165, 1.54) is 29.0 Å². The van der Waals surface area contributed by atoms with Crippen LogP contribution in [-0.2, 0) is 6.54 Å². The lowest BCUT2D eigenvalue weighted by Crippen LogP contribution is -2.00. The number of ether oxygens (including phenoxy) is 1. The number of halogens is 2. The summed E-state index contributed by atoms with van der Waals surface area (Å²) in [6.07, 6.45) is 0. The average Bonchev–Trinajstić information content (AvgIpc) is 2.67. The van der Waals surface area contributed by atoms with Gasteiger partial charge in [0.25, 0.3) is 0 Å². The largest absolute Gasteiger partial charge is 0.494 e. The SMILES string of the molecule is COc1cc(F)ccc1NCc1cc(Br)c(C)s1. The molecule has 2 rings (SSSR count). The molecule has 2 nitrogen and oxygen atoms in total. The summed E-state index contributed by atoms with van der Waals surface area (Å²) in [4.78, 5) is 2.46. The van der Waals surface area contributed by atoms with Gasteiger partial charge in [-0.05, 0) is 41.1 Å². The Balaban J connectivity index is 2.10. The summed E-state index contributed by atoms with van der Waals surface area (Å²) in [5.41, 5.74) is 0.793. The van der Waals surface area contributed by atoms with Crippen molar-refractivity contribution >= 4 is 33.0 Å². The van der Waals surface area contributed by atoms with Crippen molar-refractivity contribution in [3.63, 3.8) is 0 Å². The van der Waals surface area contributed by atoms with Gasteiger partial charge in [0.2, 0.25) is 0 Å². The first-order chi connectivity index (χ1) is 8.60. The molecule has 96 valence electrons. The molecule has 1 aromatic heterocycles. The number of rotatable bonds is 4. The van der Waals surface area contributed by atoms with Gasteiger partial charge in [0.05, 0.1) is 12.8 Å². The van der Waals surface area contributed by atoms with Crippen LogP contribution in [-0.4, -0.2) is 7.11 Å². The van der Waals surface area contributed by atoms with E-state index in [1.807, 2.05) is 0 Å². The van der Waals surface area contributed by atoms with E-state index in [4.69, 9.17) is 4.74 Å². The quantitative estimate of drug-likeness (QED) is 0.886. The minimum Gasteiger partial charge on any atom is -0.494 e. The lowest BCUT2D eigenvalue weighted by molar-refractivity contribution is 0.413. The highest BCUT2D eigenvalue weighted by Gasteiger charge is 2.06. The Morgan fingerprint density at radius 2 is 2.17 bits per heavy atom. The van der Waals surface area contributed by atoms with Crippen molar-refractivity contribution < 1.29 is 9.13 Å². The molecule has 0 aliphatic rings. The molecule has 1 aromatic carbocycles. The van der Waals surface area contributed by atoms with Crippen molar-refractivity contribution in [2.45, 2.75) is 13.5 Å². The number of anilines is 1. The van der Waals surface area contributed by atoms with Gasteiger partial charge in [0.1, 0.15) is 11.6 Å². The lowest BCUT2D eigenvalue weighted by atomic mass is 10.2. The predicted molar refractivity (Wildman–Crippen MR) is 77.0 cm³/mol. The molecule has 0 saturated carbocycles. The van der Waals surface area contributed by atoms with Gasteiger partial charge in [-0.25, -0.2) is 4.39 Å². The van der Waals surface area contributed by atoms with Crippen molar-refractivity contribution in [1.29, 1.82) is 0 Å². The molecule has 2 aromatic rings. The van der Waals surface area contributed by atoms with Crippen molar-refractivity contribution in [2.75, 3.05) is 12.4 Å². The van der Waals surface area contributed by atoms with Crippen molar-refractivity contribution in [1.82, 2.24) is 0 Å². The fourth-order valence-electron chi connectivity index (χ4n) is 1.60. The Morgan fingerprint density at radius 1 is 1.39 bits per heavy atom. The minimum atomic E-state index is -0.299. The number of aryl methyl sites for hydroxylation is 1. The van der Waals surface area contributed by atoms with Gasteiger partial charge in [0, 0.05) is 26.8 Å². The Bertz CT molecular complexity index is 536. The fourth-order valence-corrected chi connectivity index (χ4v) is 3.14. The van der Waals surface area contributed by atoms with Crippen LogP contribution in [0.25, 0.3) is 0 Å². The predicted octanol–water partition coefficient (Wildman–Crippen LogP) is 4.58. The number of nitrogens with one attached hydrogen (secondary N) is 1. The van der Waals surface area contributed by atoms with E-state index in [9.17, 15) is 4.39 Å². The van der Waals surface area contributed by atoms with Gasteiger partial charge in [-0.3, -0.25) is 0 Å². The van der Waals surface area contributed by atoms with Crippen molar-refractivity contribution in [2.24, 2.45) is 0 Å². The van der Waals surface area contributed by atoms with Gasteiger partial charge in [-0.2, -0.15) is 0 Å².